The van der Waals surface area contributed by atoms with E-state index < -0.39 is 190 Å². The van der Waals surface area contributed by atoms with Gasteiger partial charge in [0.05, 0.1) is 52.7 Å². The van der Waals surface area contributed by atoms with Gasteiger partial charge in [0.25, 0.3) is 17.8 Å². The van der Waals surface area contributed by atoms with Crippen molar-refractivity contribution in [2.45, 2.75) is 309 Å². The molecule has 3 radical (unpaired) electrons. The molecular weight excluding hydrogens is 1790 g/mol. The standard InChI is InChI=1S/C32H41F2N4O5.C31H39F2N4O5.C30H37F2N4O5.3V.3H2/c1-19-23(18-39)38-17-24(19)42-27-25(35-21-13-6-7-14-22(21)36-27)32(33,34)16-9-8-11-20-12-10-15-31(20,5)43-29(41)37-26(28(38)40)30(2,3)4;1-18-22(17-38)37-16-24(18)41-27-25(34-20-12-5-6-13-21(20)35-27)31(32,33)15-8-7-10-19-11-9-14-23(19)42-29(40)36-26(28(37)39)30(2,3)4;1-17-21(16-37)36-15-22(17)40-25-23(33-19-11-6-7-12-20(19)34-25)30(31,32)13-9-8-10-18-14-29(18,5)41-27(39)35-24(26(36)38)28(2,3)4;;;;;;/h6-7,13-14,19-20,23-24,26H,8-12,15-17H2,1-5H3,(H,37,41);5-6,12-13,18-19,22-24,26H,7-11,14-16H2,1-4H3,(H,36,40);6-7,11-12,17-18,21-22,24H,8-10,13-15H2,1-5H3,(H,35,39);;;;3*1H/q3*-1;;;;;;/t19-,20+,23+,24-,26+,31+;18-,19+,22+,23+,24-,26+;17-,18+,21+,22-,24+,29+;;;;;;/m000....../s1. The summed E-state index contributed by atoms with van der Waals surface area (Å²) >= 11 is 0. The van der Waals surface area contributed by atoms with Crippen LogP contribution in [0, 0.1) is 51.8 Å². The summed E-state index contributed by atoms with van der Waals surface area (Å²) in [5.41, 5.74) is -3.18. The molecule has 9 aliphatic rings. The molecule has 6 aromatic rings. The number of amides is 6. The zero-order chi connectivity index (χ0) is 91.1. The first kappa shape index (κ1) is 103. The van der Waals surface area contributed by atoms with Crippen LogP contribution in [0.3, 0.4) is 0 Å². The van der Waals surface area contributed by atoms with Gasteiger partial charge in [-0.25, -0.2) is 63.1 Å². The molecule has 3 aliphatic carbocycles. The fourth-order valence-electron chi connectivity index (χ4n) is 19.1. The number of alkyl carbamates (subject to hydrolysis) is 3. The molecule has 3 aromatic heterocycles. The third kappa shape index (κ3) is 22.9. The van der Waals surface area contributed by atoms with Gasteiger partial charge >= 0.3 is 18.3 Å². The number of para-hydroxylation sites is 6. The molecule has 27 nitrogen and oxygen atoms in total. The summed E-state index contributed by atoms with van der Waals surface area (Å²) in [4.78, 5) is 148. The summed E-state index contributed by atoms with van der Waals surface area (Å²) in [6, 6.07) is 14.1. The summed E-state index contributed by atoms with van der Waals surface area (Å²) in [6.45, 7) is 24.8. The van der Waals surface area contributed by atoms with Crippen LogP contribution in [0.25, 0.3) is 33.1 Å². The third-order valence-electron chi connectivity index (χ3n) is 27.0. The Hall–Kier alpha value is -8.36. The second-order valence-electron chi connectivity index (χ2n) is 39.5. The van der Waals surface area contributed by atoms with Crippen molar-refractivity contribution in [2.24, 2.45) is 51.8 Å². The van der Waals surface area contributed by atoms with Gasteiger partial charge < -0.3 is 73.5 Å². The van der Waals surface area contributed by atoms with Crippen molar-refractivity contribution >= 4 is 88.0 Å². The third-order valence-corrected chi connectivity index (χ3v) is 27.0. The number of carbonyl (C=O) groups is 6. The first-order valence-electron chi connectivity index (χ1n) is 44.3. The summed E-state index contributed by atoms with van der Waals surface area (Å²) in [5.74, 6) is -14.1. The Morgan fingerprint density at radius 2 is 0.682 bits per heavy atom. The van der Waals surface area contributed by atoms with Crippen LogP contribution in [-0.4, -0.2) is 191 Å². The van der Waals surface area contributed by atoms with Crippen LogP contribution in [0.4, 0.5) is 40.7 Å². The number of hydrogen-bond donors (Lipinski definition) is 3. The van der Waals surface area contributed by atoms with E-state index >= 15 is 26.3 Å². The van der Waals surface area contributed by atoms with E-state index in [9.17, 15) is 43.2 Å². The van der Waals surface area contributed by atoms with Gasteiger partial charge in [-0.15, -0.1) is 0 Å². The average molecular weight is 1920 g/mol. The summed E-state index contributed by atoms with van der Waals surface area (Å²) in [7, 11) is 0. The van der Waals surface area contributed by atoms with Gasteiger partial charge in [0.2, 0.25) is 35.4 Å². The minimum absolute atomic E-state index is 0. The molecule has 129 heavy (non-hydrogen) atoms. The van der Waals surface area contributed by atoms with Gasteiger partial charge in [0.1, 0.15) is 53.7 Å². The molecule has 6 bridgehead atoms. The Balaban J connectivity index is 0.000000265. The molecule has 6 amide bonds. The van der Waals surface area contributed by atoms with Gasteiger partial charge in [-0.2, -0.15) is 26.3 Å². The monoisotopic (exact) mass is 1910 g/mol. The number of carbonyl (C=O) groups excluding carboxylic acids is 9. The van der Waals surface area contributed by atoms with Gasteiger partial charge in [0, 0.05) is 85.1 Å². The number of nitrogens with zero attached hydrogens (tertiary/aromatic N) is 9. The van der Waals surface area contributed by atoms with Crippen LogP contribution in [0.15, 0.2) is 72.8 Å². The van der Waals surface area contributed by atoms with Crippen LogP contribution in [0.2, 0.25) is 0 Å². The van der Waals surface area contributed by atoms with Gasteiger partial charge in [-0.05, 0) is 180 Å². The van der Waals surface area contributed by atoms with E-state index in [1.54, 1.807) is 114 Å². The SMILES string of the molecule is C[C@@H]1[C@@H]2CN(C(=O)[C@H](C(C)(C)C)NC(=O)O[C@@H]3CCC[C@H]3CCCCC(F)(F)c3nc4ccccc4nc3O2)[C@@H]1[C-]=O.C[C@@H]1[C@@H]2CN(C(=O)[C@H](C(C)(C)C)NC(=O)O[C@]3(C)CCC[C@H]3CCCCC(F)(F)c3nc4ccccc4nc3O2)[C@@H]1[C-]=O.C[C@@H]1[C@@H]2CN(C(=O)[C@H](C(C)(C)C)NC(=O)O[C@]3(C)C[C@H]3CCCCC(F)(F)c3nc4ccccc4nc3O2)[C@@H]1[C-]=O.[HH].[HH].[HH].[V].[V].[V]. The van der Waals surface area contributed by atoms with Crippen molar-refractivity contribution in [3.8, 4) is 17.6 Å². The fraction of sp³-hybridized carbons (Fsp3) is 0.645. The molecule has 0 unspecified atom stereocenters. The first-order valence-corrected chi connectivity index (χ1v) is 44.3. The van der Waals surface area contributed by atoms with Gasteiger partial charge in [-0.3, -0.25) is 14.4 Å². The molecule has 3 N–H and O–H groups in total. The van der Waals surface area contributed by atoms with E-state index in [4.69, 9.17) is 28.4 Å². The number of ether oxygens (including phenoxy) is 6. The average Bonchev–Trinajstić information content (AvgIpc) is 1.61. The minimum atomic E-state index is -3.34. The Morgan fingerprint density at radius 1 is 0.380 bits per heavy atom. The molecule has 0 spiro atoms. The van der Waals surface area contributed by atoms with Crippen molar-refractivity contribution in [1.82, 2.24) is 60.6 Å². The molecule has 18 atom stereocenters. The summed E-state index contributed by atoms with van der Waals surface area (Å²) in [5, 5.41) is 8.30. The fourth-order valence-corrected chi connectivity index (χ4v) is 19.1. The molecule has 9 heterocycles. The molecule has 15 rings (SSSR count). The quantitative estimate of drug-likeness (QED) is 0.0842. The zero-order valence-corrected chi connectivity index (χ0v) is 79.7. The molecule has 3 saturated heterocycles. The number of hydrogen-bond acceptors (Lipinski definition) is 21. The summed E-state index contributed by atoms with van der Waals surface area (Å²) in [6.07, 6.45) is 8.95. The number of alkyl halides is 6. The number of aromatic nitrogens is 6. The van der Waals surface area contributed by atoms with E-state index in [0.29, 0.717) is 90.9 Å². The van der Waals surface area contributed by atoms with E-state index in [2.05, 4.69) is 45.9 Å². The Labute approximate surface area is 789 Å². The minimum Gasteiger partial charge on any atom is -0.540 e. The van der Waals surface area contributed by atoms with Crippen LogP contribution in [0.1, 0.15) is 240 Å². The maximum atomic E-state index is 15.9. The second kappa shape index (κ2) is 41.0. The molecule has 3 saturated carbocycles. The smallest absolute Gasteiger partial charge is 0.408 e. The largest absolute Gasteiger partial charge is 0.540 e. The van der Waals surface area contributed by atoms with E-state index in [1.165, 1.54) is 14.7 Å². The second-order valence-corrected chi connectivity index (χ2v) is 39.5. The number of rotatable bonds is 3. The van der Waals surface area contributed by atoms with Crippen LogP contribution in [-0.2, 0) is 116 Å². The van der Waals surface area contributed by atoms with E-state index in [0.717, 1.165) is 25.7 Å². The van der Waals surface area contributed by atoms with Gasteiger partial charge in [0.15, 0.2) is 17.1 Å². The van der Waals surface area contributed by atoms with Gasteiger partial charge in [-0.1, -0.05) is 157 Å². The van der Waals surface area contributed by atoms with Crippen molar-refractivity contribution in [3.63, 3.8) is 0 Å². The number of fused-ring (bicyclic) bond motifs is 15. The van der Waals surface area contributed by atoms with Crippen molar-refractivity contribution in [3.05, 3.63) is 89.9 Å². The molecule has 3 aromatic carbocycles. The van der Waals surface area contributed by atoms with E-state index in [-0.39, 0.29) is 140 Å². The normalized spacial score (nSPS) is 31.0. The van der Waals surface area contributed by atoms with E-state index in [1.807, 2.05) is 74.2 Å². The van der Waals surface area contributed by atoms with Crippen molar-refractivity contribution in [2.75, 3.05) is 19.6 Å². The zero-order valence-electron chi connectivity index (χ0n) is 75.5. The van der Waals surface area contributed by atoms with Crippen LogP contribution >= 0.6 is 0 Å². The number of halogens is 6. The maximum Gasteiger partial charge on any atom is 0.408 e. The molecular formula is C93H123F6N12O15V3-3. The molecule has 6 aliphatic heterocycles. The molecule has 705 valence electrons. The number of nitrogens with one attached hydrogen (secondary N) is 3. The predicted octanol–water partition coefficient (Wildman–Crippen LogP) is 16.7. The van der Waals surface area contributed by atoms with Crippen molar-refractivity contribution in [1.29, 1.82) is 0 Å². The number of benzene rings is 3. The Kier molecular flexibility index (Phi) is 32.7. The molecule has 36 heteroatoms. The first-order chi connectivity index (χ1) is 59.3. The van der Waals surface area contributed by atoms with Crippen LogP contribution < -0.4 is 30.2 Å². The Morgan fingerprint density at radius 3 is 1.02 bits per heavy atom. The van der Waals surface area contributed by atoms with Crippen LogP contribution in [0.5, 0.6) is 17.6 Å². The Bertz CT molecular complexity index is 5070. The maximum absolute atomic E-state index is 15.9. The molecule has 6 fully saturated rings. The predicted molar refractivity (Wildman–Crippen MR) is 458 cm³/mol. The topological polar surface area (TPSA) is 332 Å². The summed E-state index contributed by atoms with van der Waals surface area (Å²) < 4.78 is 131. The van der Waals surface area contributed by atoms with Crippen molar-refractivity contribution < 1.29 is 158 Å².